The second kappa shape index (κ2) is 11.3. The molecule has 11 nitrogen and oxygen atoms in total. The van der Waals surface area contributed by atoms with Crippen LogP contribution in [0.1, 0.15) is 29.5 Å². The first-order chi connectivity index (χ1) is 16.6. The van der Waals surface area contributed by atoms with Crippen molar-refractivity contribution in [1.29, 1.82) is 5.41 Å². The van der Waals surface area contributed by atoms with E-state index in [1.807, 2.05) is 6.92 Å². The molecular formula is C23H29N5O6S. The summed E-state index contributed by atoms with van der Waals surface area (Å²) in [6.07, 6.45) is -0.0427. The number of hydrogen-bond donors (Lipinski definition) is 6. The Morgan fingerprint density at radius 1 is 1.20 bits per heavy atom. The zero-order chi connectivity index (χ0) is 25.6. The summed E-state index contributed by atoms with van der Waals surface area (Å²) in [6, 6.07) is 11.1. The van der Waals surface area contributed by atoms with Crippen molar-refractivity contribution in [2.24, 2.45) is 0 Å². The van der Waals surface area contributed by atoms with Gasteiger partial charge in [0.05, 0.1) is 4.90 Å². The lowest BCUT2D eigenvalue weighted by atomic mass is 10.0. The lowest BCUT2D eigenvalue weighted by Crippen LogP contribution is -2.55. The number of aryl methyl sites for hydroxylation is 1. The van der Waals surface area contributed by atoms with Crippen molar-refractivity contribution in [3.63, 3.8) is 0 Å². The summed E-state index contributed by atoms with van der Waals surface area (Å²) in [4.78, 5) is 26.0. The summed E-state index contributed by atoms with van der Waals surface area (Å²) in [5.41, 5.74) is 3.59. The summed E-state index contributed by atoms with van der Waals surface area (Å²) in [5, 5.41) is 28.2. The van der Waals surface area contributed by atoms with Crippen molar-refractivity contribution in [3.05, 3.63) is 65.2 Å². The first kappa shape index (κ1) is 26.1. The van der Waals surface area contributed by atoms with Crippen LogP contribution in [0.25, 0.3) is 0 Å². The minimum Gasteiger partial charge on any atom is -0.465 e. The van der Waals surface area contributed by atoms with Crippen molar-refractivity contribution in [3.8, 4) is 0 Å². The number of piperidine rings is 1. The minimum atomic E-state index is -4.05. The van der Waals surface area contributed by atoms with E-state index in [2.05, 4.69) is 10.0 Å². The van der Waals surface area contributed by atoms with E-state index in [0.29, 0.717) is 30.5 Å². The molecule has 1 aliphatic rings. The van der Waals surface area contributed by atoms with Gasteiger partial charge in [0, 0.05) is 24.7 Å². The minimum absolute atomic E-state index is 0.00992. The molecule has 1 aliphatic heterocycles. The van der Waals surface area contributed by atoms with Crippen LogP contribution in [-0.2, 0) is 21.2 Å². The molecule has 0 unspecified atom stereocenters. The topological polar surface area (TPSA) is 172 Å². The maximum Gasteiger partial charge on any atom is 0.404 e. The molecule has 0 aromatic heterocycles. The van der Waals surface area contributed by atoms with E-state index in [1.165, 1.54) is 17.0 Å². The number of hydroxylamine groups is 1. The highest BCUT2D eigenvalue weighted by Crippen LogP contribution is 2.17. The van der Waals surface area contributed by atoms with Gasteiger partial charge in [0.15, 0.2) is 0 Å². The average molecular weight is 504 g/mol. The number of sulfonamides is 1. The van der Waals surface area contributed by atoms with Gasteiger partial charge < -0.3 is 15.3 Å². The Morgan fingerprint density at radius 3 is 2.57 bits per heavy atom. The van der Waals surface area contributed by atoms with Crippen LogP contribution < -0.4 is 15.5 Å². The number of nitrogens with zero attached hydrogens (tertiary/aromatic N) is 1. The quantitative estimate of drug-likeness (QED) is 0.180. The van der Waals surface area contributed by atoms with Crippen molar-refractivity contribution < 1.29 is 28.3 Å². The third-order valence-corrected chi connectivity index (χ3v) is 7.24. The SMILES string of the molecule is Cc1ccc(S(=O)(=O)N[C@@H](Cc2cccc(C(=N)NO)c2)C(=O)N2CCC[C@H](NC(=O)O)C2)cc1. The van der Waals surface area contributed by atoms with Gasteiger partial charge in [-0.15, -0.1) is 0 Å². The second-order valence-corrected chi connectivity index (χ2v) is 10.2. The molecule has 0 saturated carbocycles. The summed E-state index contributed by atoms with van der Waals surface area (Å²) in [5.74, 6) is -0.716. The number of likely N-dealkylation sites (tertiary alicyclic amines) is 1. The smallest absolute Gasteiger partial charge is 0.404 e. The Hall–Kier alpha value is -3.48. The van der Waals surface area contributed by atoms with Crippen LogP contribution in [0.2, 0.25) is 0 Å². The van der Waals surface area contributed by atoms with Gasteiger partial charge in [-0.05, 0) is 49.9 Å². The number of amidine groups is 1. The number of nitrogens with one attached hydrogen (secondary N) is 4. The molecule has 2 aromatic carbocycles. The van der Waals surface area contributed by atoms with Crippen molar-refractivity contribution in [2.45, 2.75) is 43.2 Å². The van der Waals surface area contributed by atoms with Gasteiger partial charge >= 0.3 is 6.09 Å². The number of carboxylic acid groups (broad SMARTS) is 1. The van der Waals surface area contributed by atoms with Crippen molar-refractivity contribution in [1.82, 2.24) is 20.4 Å². The van der Waals surface area contributed by atoms with Gasteiger partial charge in [-0.2, -0.15) is 4.72 Å². The number of rotatable bonds is 8. The number of carbonyl (C=O) groups is 2. The zero-order valence-corrected chi connectivity index (χ0v) is 20.0. The lowest BCUT2D eigenvalue weighted by molar-refractivity contribution is -0.134. The summed E-state index contributed by atoms with van der Waals surface area (Å²) in [6.45, 7) is 2.34. The van der Waals surface area contributed by atoms with Crippen LogP contribution >= 0.6 is 0 Å². The summed E-state index contributed by atoms with van der Waals surface area (Å²) >= 11 is 0. The highest BCUT2D eigenvalue weighted by atomic mass is 32.2. The third-order valence-electron chi connectivity index (χ3n) is 5.75. The molecule has 0 aliphatic carbocycles. The Kier molecular flexibility index (Phi) is 8.43. The summed E-state index contributed by atoms with van der Waals surface area (Å²) in [7, 11) is -4.05. The first-order valence-corrected chi connectivity index (χ1v) is 12.5. The average Bonchev–Trinajstić information content (AvgIpc) is 2.82. The Labute approximate surface area is 203 Å². The van der Waals surface area contributed by atoms with E-state index < -0.39 is 34.1 Å². The number of carbonyl (C=O) groups excluding carboxylic acids is 1. The van der Waals surface area contributed by atoms with Crippen molar-refractivity contribution in [2.75, 3.05) is 13.1 Å². The fraction of sp³-hybridized carbons (Fsp3) is 0.348. The highest BCUT2D eigenvalue weighted by Gasteiger charge is 2.32. The molecule has 0 bridgehead atoms. The largest absolute Gasteiger partial charge is 0.465 e. The van der Waals surface area contributed by atoms with Gasteiger partial charge in [0.2, 0.25) is 15.9 Å². The molecule has 2 aromatic rings. The molecule has 2 amide bonds. The van der Waals surface area contributed by atoms with Crippen LogP contribution in [0, 0.1) is 12.3 Å². The van der Waals surface area contributed by atoms with Crippen LogP contribution in [-0.4, -0.2) is 66.6 Å². The van der Waals surface area contributed by atoms with Gasteiger partial charge in [0.1, 0.15) is 11.9 Å². The monoisotopic (exact) mass is 503 g/mol. The zero-order valence-electron chi connectivity index (χ0n) is 19.2. The molecule has 3 rings (SSSR count). The van der Waals surface area contributed by atoms with Crippen molar-refractivity contribution >= 4 is 27.9 Å². The number of benzene rings is 2. The standard InChI is InChI=1S/C23H29N5O6S/c1-15-7-9-19(10-8-15)35(33,34)27-20(13-16-4-2-5-17(12-16)21(24)26-32)22(29)28-11-3-6-18(14-28)25-23(30)31/h2,4-5,7-10,12,18,20,25,27,32H,3,6,11,13-14H2,1H3,(H2,24,26)(H,30,31)/t18-,20-/m0/s1. The molecule has 6 N–H and O–H groups in total. The van der Waals surface area contributed by atoms with E-state index in [1.54, 1.807) is 41.9 Å². The molecule has 12 heteroatoms. The molecule has 1 saturated heterocycles. The molecule has 188 valence electrons. The van der Waals surface area contributed by atoms with E-state index in [-0.39, 0.29) is 23.7 Å². The maximum atomic E-state index is 13.5. The van der Waals surface area contributed by atoms with E-state index in [9.17, 15) is 18.0 Å². The lowest BCUT2D eigenvalue weighted by Gasteiger charge is -2.35. The van der Waals surface area contributed by atoms with E-state index >= 15 is 0 Å². The molecule has 1 heterocycles. The maximum absolute atomic E-state index is 13.5. The normalized spacial score (nSPS) is 16.9. The summed E-state index contributed by atoms with van der Waals surface area (Å²) < 4.78 is 28.7. The number of amides is 2. The Morgan fingerprint density at radius 2 is 1.91 bits per heavy atom. The van der Waals surface area contributed by atoms with E-state index in [4.69, 9.17) is 15.7 Å². The fourth-order valence-corrected chi connectivity index (χ4v) is 5.19. The van der Waals surface area contributed by atoms with E-state index in [0.717, 1.165) is 5.56 Å². The second-order valence-electron chi connectivity index (χ2n) is 8.45. The number of hydrogen-bond acceptors (Lipinski definition) is 6. The van der Waals surface area contributed by atoms with Gasteiger partial charge in [-0.25, -0.2) is 13.2 Å². The predicted molar refractivity (Wildman–Crippen MR) is 128 cm³/mol. The van der Waals surface area contributed by atoms with Crippen LogP contribution in [0.3, 0.4) is 0 Å². The van der Waals surface area contributed by atoms with Crippen LogP contribution in [0.15, 0.2) is 53.4 Å². The Bertz CT molecular complexity index is 1190. The van der Waals surface area contributed by atoms with Crippen LogP contribution in [0.5, 0.6) is 0 Å². The van der Waals surface area contributed by atoms with Gasteiger partial charge in [-0.1, -0.05) is 35.9 Å². The molecule has 1 fully saturated rings. The molecule has 35 heavy (non-hydrogen) atoms. The molecule has 0 radical (unpaired) electrons. The van der Waals surface area contributed by atoms with Gasteiger partial charge in [0.25, 0.3) is 0 Å². The first-order valence-electron chi connectivity index (χ1n) is 11.0. The molecular weight excluding hydrogens is 474 g/mol. The fourth-order valence-electron chi connectivity index (χ4n) is 4.00. The Balaban J connectivity index is 1.89. The highest BCUT2D eigenvalue weighted by molar-refractivity contribution is 7.89. The van der Waals surface area contributed by atoms with Crippen LogP contribution in [0.4, 0.5) is 4.79 Å². The predicted octanol–water partition coefficient (Wildman–Crippen LogP) is 1.45. The molecule has 2 atom stereocenters. The molecule has 0 spiro atoms. The van der Waals surface area contributed by atoms with Gasteiger partial charge in [-0.3, -0.25) is 20.9 Å². The third kappa shape index (κ3) is 7.01.